The second-order valence-electron chi connectivity index (χ2n) is 7.09. The van der Waals surface area contributed by atoms with Gasteiger partial charge in [0.2, 0.25) is 5.91 Å². The highest BCUT2D eigenvalue weighted by molar-refractivity contribution is 6.30. The molecular weight excluding hydrogens is 358 g/mol. The lowest BCUT2D eigenvalue weighted by Crippen LogP contribution is -2.40. The largest absolute Gasteiger partial charge is 0.378 e. The van der Waals surface area contributed by atoms with Gasteiger partial charge in [-0.15, -0.1) is 0 Å². The zero-order chi connectivity index (χ0) is 18.9. The number of carbonyl (C=O) groups is 1. The number of benzene rings is 2. The van der Waals surface area contributed by atoms with Gasteiger partial charge in [-0.3, -0.25) is 9.69 Å². The average molecular weight is 386 g/mol. The first-order valence-corrected chi connectivity index (χ1v) is 10.1. The van der Waals surface area contributed by atoms with E-state index in [1.807, 2.05) is 42.5 Å². The van der Waals surface area contributed by atoms with E-state index in [0.717, 1.165) is 25.2 Å². The molecule has 0 saturated carbocycles. The smallest absolute Gasteiger partial charge is 0.234 e. The van der Waals surface area contributed by atoms with Gasteiger partial charge in [0.15, 0.2) is 0 Å². The standard InChI is InChI=1S/C22H28ClN3O/c23-19-10-7-11-20(16-19)25-21(18-8-3-1-4-9-18)12-13-24-22(27)17-26-14-5-2-6-15-26/h1,3-4,7-11,16,21,25H,2,5-6,12-15,17H2,(H,24,27). The van der Waals surface area contributed by atoms with Crippen molar-refractivity contribution in [3.8, 4) is 0 Å². The van der Waals surface area contributed by atoms with Gasteiger partial charge in [-0.25, -0.2) is 0 Å². The third-order valence-corrected chi connectivity index (χ3v) is 5.17. The summed E-state index contributed by atoms with van der Waals surface area (Å²) in [6, 6.07) is 18.2. The Morgan fingerprint density at radius 3 is 2.56 bits per heavy atom. The van der Waals surface area contributed by atoms with Crippen LogP contribution < -0.4 is 10.6 Å². The van der Waals surface area contributed by atoms with Crippen molar-refractivity contribution in [1.29, 1.82) is 0 Å². The number of hydrogen-bond donors (Lipinski definition) is 2. The molecule has 1 fully saturated rings. The van der Waals surface area contributed by atoms with E-state index in [1.54, 1.807) is 0 Å². The van der Waals surface area contributed by atoms with Crippen LogP contribution >= 0.6 is 11.6 Å². The molecule has 27 heavy (non-hydrogen) atoms. The van der Waals surface area contributed by atoms with Gasteiger partial charge in [-0.1, -0.05) is 54.4 Å². The molecule has 0 spiro atoms. The Labute approximate surface area is 166 Å². The minimum absolute atomic E-state index is 0.111. The number of hydrogen-bond acceptors (Lipinski definition) is 3. The van der Waals surface area contributed by atoms with Crippen LogP contribution in [0.4, 0.5) is 5.69 Å². The Kier molecular flexibility index (Phi) is 7.55. The summed E-state index contributed by atoms with van der Waals surface area (Å²) in [7, 11) is 0. The first kappa shape index (κ1) is 19.7. The van der Waals surface area contributed by atoms with Crippen LogP contribution in [0.15, 0.2) is 54.6 Å². The van der Waals surface area contributed by atoms with E-state index < -0.39 is 0 Å². The van der Waals surface area contributed by atoms with E-state index in [0.29, 0.717) is 18.1 Å². The molecule has 2 aromatic rings. The molecule has 2 aromatic carbocycles. The fraction of sp³-hybridized carbons (Fsp3) is 0.409. The molecule has 1 aliphatic rings. The topological polar surface area (TPSA) is 44.4 Å². The van der Waals surface area contributed by atoms with E-state index in [-0.39, 0.29) is 11.9 Å². The molecule has 1 heterocycles. The lowest BCUT2D eigenvalue weighted by atomic mass is 10.0. The zero-order valence-corrected chi connectivity index (χ0v) is 16.4. The van der Waals surface area contributed by atoms with E-state index in [1.165, 1.54) is 24.8 Å². The molecule has 2 N–H and O–H groups in total. The van der Waals surface area contributed by atoms with E-state index in [2.05, 4.69) is 27.7 Å². The van der Waals surface area contributed by atoms with Crippen LogP contribution in [0.5, 0.6) is 0 Å². The maximum absolute atomic E-state index is 12.2. The fourth-order valence-corrected chi connectivity index (χ4v) is 3.71. The summed E-state index contributed by atoms with van der Waals surface area (Å²) in [5, 5.41) is 7.34. The summed E-state index contributed by atoms with van der Waals surface area (Å²) in [6.07, 6.45) is 4.49. The van der Waals surface area contributed by atoms with Crippen LogP contribution in [0.3, 0.4) is 0 Å². The Hall–Kier alpha value is -2.04. The Morgan fingerprint density at radius 1 is 1.04 bits per heavy atom. The van der Waals surface area contributed by atoms with E-state index >= 15 is 0 Å². The number of halogens is 1. The number of piperidine rings is 1. The van der Waals surface area contributed by atoms with Crippen molar-refractivity contribution in [2.24, 2.45) is 0 Å². The van der Waals surface area contributed by atoms with Gasteiger partial charge in [0.25, 0.3) is 0 Å². The molecule has 0 aliphatic carbocycles. The lowest BCUT2D eigenvalue weighted by Gasteiger charge is -2.26. The molecule has 1 amide bonds. The zero-order valence-electron chi connectivity index (χ0n) is 15.7. The van der Waals surface area contributed by atoms with Crippen LogP contribution in [0.1, 0.15) is 37.3 Å². The van der Waals surface area contributed by atoms with Gasteiger partial charge in [0.1, 0.15) is 0 Å². The minimum atomic E-state index is 0.111. The maximum atomic E-state index is 12.2. The highest BCUT2D eigenvalue weighted by Crippen LogP contribution is 2.24. The van der Waals surface area contributed by atoms with Gasteiger partial charge >= 0.3 is 0 Å². The maximum Gasteiger partial charge on any atom is 0.234 e. The Bertz CT molecular complexity index is 717. The van der Waals surface area contributed by atoms with Crippen LogP contribution in [0, 0.1) is 0 Å². The number of anilines is 1. The highest BCUT2D eigenvalue weighted by Gasteiger charge is 2.15. The van der Waals surface area contributed by atoms with Crippen molar-refractivity contribution in [3.63, 3.8) is 0 Å². The quantitative estimate of drug-likeness (QED) is 0.703. The molecule has 1 unspecified atom stereocenters. The molecule has 0 bridgehead atoms. The molecule has 1 atom stereocenters. The molecule has 144 valence electrons. The summed E-state index contributed by atoms with van der Waals surface area (Å²) in [5.41, 5.74) is 2.18. The molecule has 3 rings (SSSR count). The van der Waals surface area contributed by atoms with E-state index in [4.69, 9.17) is 11.6 Å². The molecule has 0 radical (unpaired) electrons. The summed E-state index contributed by atoms with van der Waals surface area (Å²) >= 11 is 6.11. The molecule has 5 heteroatoms. The summed E-state index contributed by atoms with van der Waals surface area (Å²) < 4.78 is 0. The predicted molar refractivity (Wildman–Crippen MR) is 112 cm³/mol. The second-order valence-corrected chi connectivity index (χ2v) is 7.53. The van der Waals surface area contributed by atoms with Gasteiger partial charge in [-0.2, -0.15) is 0 Å². The minimum Gasteiger partial charge on any atom is -0.378 e. The van der Waals surface area contributed by atoms with Crippen LogP contribution in [-0.4, -0.2) is 37.0 Å². The molecular formula is C22H28ClN3O. The number of nitrogens with zero attached hydrogens (tertiary/aromatic N) is 1. The van der Waals surface area contributed by atoms with Crippen LogP contribution in [0.25, 0.3) is 0 Å². The monoisotopic (exact) mass is 385 g/mol. The summed E-state index contributed by atoms with van der Waals surface area (Å²) in [5.74, 6) is 0.117. The second kappa shape index (κ2) is 10.3. The van der Waals surface area contributed by atoms with Gasteiger partial charge in [0, 0.05) is 17.3 Å². The van der Waals surface area contributed by atoms with Crippen molar-refractivity contribution in [2.75, 3.05) is 31.5 Å². The van der Waals surface area contributed by atoms with Gasteiger partial charge < -0.3 is 10.6 Å². The third kappa shape index (κ3) is 6.56. The number of rotatable bonds is 8. The summed E-state index contributed by atoms with van der Waals surface area (Å²) in [4.78, 5) is 14.5. The normalized spacial score (nSPS) is 15.9. The fourth-order valence-electron chi connectivity index (χ4n) is 3.52. The van der Waals surface area contributed by atoms with E-state index in [9.17, 15) is 4.79 Å². The predicted octanol–water partition coefficient (Wildman–Crippen LogP) is 4.49. The van der Waals surface area contributed by atoms with Crippen molar-refractivity contribution in [2.45, 2.75) is 31.7 Å². The van der Waals surface area contributed by atoms with Crippen molar-refractivity contribution in [3.05, 3.63) is 65.2 Å². The summed E-state index contributed by atoms with van der Waals surface area (Å²) in [6.45, 7) is 3.23. The van der Waals surface area contributed by atoms with Crippen molar-refractivity contribution < 1.29 is 4.79 Å². The van der Waals surface area contributed by atoms with Gasteiger partial charge in [0.05, 0.1) is 12.6 Å². The van der Waals surface area contributed by atoms with Crippen molar-refractivity contribution >= 4 is 23.2 Å². The Morgan fingerprint density at radius 2 is 1.81 bits per heavy atom. The first-order valence-electron chi connectivity index (χ1n) is 9.77. The number of likely N-dealkylation sites (tertiary alicyclic amines) is 1. The molecule has 0 aromatic heterocycles. The Balaban J connectivity index is 1.54. The number of amides is 1. The molecule has 1 saturated heterocycles. The lowest BCUT2D eigenvalue weighted by molar-refractivity contribution is -0.122. The highest BCUT2D eigenvalue weighted by atomic mass is 35.5. The van der Waals surface area contributed by atoms with Crippen molar-refractivity contribution in [1.82, 2.24) is 10.2 Å². The molecule has 4 nitrogen and oxygen atoms in total. The number of nitrogens with one attached hydrogen (secondary N) is 2. The SMILES string of the molecule is O=C(CN1CCCCC1)NCCC(Nc1cccc(Cl)c1)c1ccccc1. The first-order chi connectivity index (χ1) is 13.2. The number of carbonyl (C=O) groups excluding carboxylic acids is 1. The van der Waals surface area contributed by atoms with Crippen LogP contribution in [-0.2, 0) is 4.79 Å². The van der Waals surface area contributed by atoms with Crippen LogP contribution in [0.2, 0.25) is 5.02 Å². The third-order valence-electron chi connectivity index (χ3n) is 4.94. The molecule has 1 aliphatic heterocycles. The average Bonchev–Trinajstić information content (AvgIpc) is 2.69. The van der Waals surface area contributed by atoms with Gasteiger partial charge in [-0.05, 0) is 56.1 Å².